The summed E-state index contributed by atoms with van der Waals surface area (Å²) >= 11 is 0. The quantitative estimate of drug-likeness (QED) is 0.782. The van der Waals surface area contributed by atoms with Crippen molar-refractivity contribution in [1.29, 1.82) is 0 Å². The molecule has 1 fully saturated rings. The normalized spacial score (nSPS) is 20.0. The Hall–Kier alpha value is -3.20. The van der Waals surface area contributed by atoms with Crippen LogP contribution in [0.4, 0.5) is 5.69 Å². The van der Waals surface area contributed by atoms with E-state index in [2.05, 4.69) is 4.99 Å². The maximum atomic E-state index is 13.2. The highest BCUT2D eigenvalue weighted by atomic mass is 32.2. The van der Waals surface area contributed by atoms with Gasteiger partial charge in [-0.1, -0.05) is 30.3 Å². The zero-order chi connectivity index (χ0) is 19.9. The van der Waals surface area contributed by atoms with Crippen molar-refractivity contribution in [2.24, 2.45) is 10.7 Å². The van der Waals surface area contributed by atoms with Crippen LogP contribution in [-0.2, 0) is 19.6 Å². The number of carbonyl (C=O) groups is 2. The first-order valence-electron chi connectivity index (χ1n) is 8.75. The number of hydrogen-bond donors (Lipinski definition) is 1. The molecule has 2 amide bonds. The van der Waals surface area contributed by atoms with E-state index in [0.29, 0.717) is 5.69 Å². The van der Waals surface area contributed by atoms with Crippen LogP contribution >= 0.6 is 0 Å². The van der Waals surface area contributed by atoms with Crippen LogP contribution < -0.4 is 10.6 Å². The van der Waals surface area contributed by atoms with E-state index in [1.807, 2.05) is 30.3 Å². The average Bonchev–Trinajstić information content (AvgIpc) is 3.25. The summed E-state index contributed by atoms with van der Waals surface area (Å²) in [4.78, 5) is 28.9. The standard InChI is InChI=1S/C19H18N4O4S/c20-19-21-12-16(13-4-2-1-3-5-13)23(19)28(26,27)15-8-6-14(7-9-15)22-17(24)10-11-18(22)25/h1-9,16H,10-12H2,(H2,20,21). The van der Waals surface area contributed by atoms with Gasteiger partial charge in [0.15, 0.2) is 0 Å². The lowest BCUT2D eigenvalue weighted by atomic mass is 10.1. The number of amides is 2. The van der Waals surface area contributed by atoms with Gasteiger partial charge in [0.25, 0.3) is 10.0 Å². The number of hydrogen-bond acceptors (Lipinski definition) is 6. The number of benzene rings is 2. The van der Waals surface area contributed by atoms with Crippen LogP contribution in [0.3, 0.4) is 0 Å². The molecule has 144 valence electrons. The van der Waals surface area contributed by atoms with Crippen LogP contribution in [-0.4, -0.2) is 37.0 Å². The molecule has 2 aromatic carbocycles. The van der Waals surface area contributed by atoms with Crippen molar-refractivity contribution < 1.29 is 18.0 Å². The van der Waals surface area contributed by atoms with E-state index in [1.165, 1.54) is 24.3 Å². The van der Waals surface area contributed by atoms with Crippen LogP contribution in [0.5, 0.6) is 0 Å². The molecule has 4 rings (SSSR count). The Bertz CT molecular complexity index is 1050. The Morgan fingerprint density at radius 3 is 2.14 bits per heavy atom. The van der Waals surface area contributed by atoms with Gasteiger partial charge in [0.05, 0.1) is 23.2 Å². The Balaban J connectivity index is 1.67. The van der Waals surface area contributed by atoms with Crippen LogP contribution in [0.1, 0.15) is 24.4 Å². The smallest absolute Gasteiger partial charge is 0.267 e. The molecule has 8 nitrogen and oxygen atoms in total. The summed E-state index contributed by atoms with van der Waals surface area (Å²) in [5.74, 6) is -0.649. The minimum Gasteiger partial charge on any atom is -0.369 e. The fourth-order valence-corrected chi connectivity index (χ4v) is 4.97. The maximum absolute atomic E-state index is 13.2. The third-order valence-electron chi connectivity index (χ3n) is 4.82. The molecule has 2 aliphatic heterocycles. The van der Waals surface area contributed by atoms with E-state index in [-0.39, 0.29) is 42.1 Å². The van der Waals surface area contributed by atoms with E-state index in [0.717, 1.165) is 14.8 Å². The van der Waals surface area contributed by atoms with Gasteiger partial charge in [-0.15, -0.1) is 0 Å². The molecular weight excluding hydrogens is 380 g/mol. The van der Waals surface area contributed by atoms with Crippen LogP contribution in [0.25, 0.3) is 0 Å². The first-order valence-corrected chi connectivity index (χ1v) is 10.2. The van der Waals surface area contributed by atoms with Gasteiger partial charge in [0.2, 0.25) is 17.8 Å². The molecule has 0 aliphatic carbocycles. The fraction of sp³-hybridized carbons (Fsp3) is 0.211. The second-order valence-corrected chi connectivity index (χ2v) is 8.36. The summed E-state index contributed by atoms with van der Waals surface area (Å²) in [5, 5.41) is 0. The topological polar surface area (TPSA) is 113 Å². The van der Waals surface area contributed by atoms with Crippen molar-refractivity contribution in [1.82, 2.24) is 4.31 Å². The summed E-state index contributed by atoms with van der Waals surface area (Å²) < 4.78 is 27.5. The summed E-state index contributed by atoms with van der Waals surface area (Å²) in [6.45, 7) is 0.240. The lowest BCUT2D eigenvalue weighted by Gasteiger charge is -2.26. The highest BCUT2D eigenvalue weighted by Gasteiger charge is 2.38. The molecule has 1 saturated heterocycles. The Morgan fingerprint density at radius 1 is 0.929 bits per heavy atom. The van der Waals surface area contributed by atoms with Crippen molar-refractivity contribution in [3.05, 3.63) is 60.2 Å². The zero-order valence-electron chi connectivity index (χ0n) is 14.9. The van der Waals surface area contributed by atoms with Crippen LogP contribution in [0.15, 0.2) is 64.5 Å². The number of nitrogens with zero attached hydrogens (tertiary/aromatic N) is 3. The monoisotopic (exact) mass is 398 g/mol. The average molecular weight is 398 g/mol. The molecule has 28 heavy (non-hydrogen) atoms. The second-order valence-electron chi connectivity index (χ2n) is 6.54. The van der Waals surface area contributed by atoms with Crippen LogP contribution in [0.2, 0.25) is 0 Å². The molecule has 2 heterocycles. The number of imide groups is 1. The molecule has 0 radical (unpaired) electrons. The lowest BCUT2D eigenvalue weighted by Crippen LogP contribution is -2.40. The maximum Gasteiger partial charge on any atom is 0.267 e. The van der Waals surface area contributed by atoms with Gasteiger partial charge in [-0.05, 0) is 29.8 Å². The Morgan fingerprint density at radius 2 is 1.54 bits per heavy atom. The van der Waals surface area contributed by atoms with Crippen molar-refractivity contribution in [2.45, 2.75) is 23.8 Å². The number of sulfonamides is 1. The molecule has 2 aliphatic rings. The van der Waals surface area contributed by atoms with E-state index in [9.17, 15) is 18.0 Å². The van der Waals surface area contributed by atoms with Gasteiger partial charge in [0, 0.05) is 12.8 Å². The van der Waals surface area contributed by atoms with Gasteiger partial charge in [-0.2, -0.15) is 0 Å². The van der Waals surface area contributed by atoms with Gasteiger partial charge < -0.3 is 5.73 Å². The molecule has 9 heteroatoms. The predicted octanol–water partition coefficient (Wildman–Crippen LogP) is 1.40. The highest BCUT2D eigenvalue weighted by Crippen LogP contribution is 2.32. The van der Waals surface area contributed by atoms with Gasteiger partial charge in [-0.25, -0.2) is 17.7 Å². The van der Waals surface area contributed by atoms with E-state index in [1.54, 1.807) is 0 Å². The van der Waals surface area contributed by atoms with Gasteiger partial charge >= 0.3 is 0 Å². The highest BCUT2D eigenvalue weighted by molar-refractivity contribution is 7.89. The fourth-order valence-electron chi connectivity index (χ4n) is 3.44. The minimum atomic E-state index is -3.96. The predicted molar refractivity (Wildman–Crippen MR) is 103 cm³/mol. The van der Waals surface area contributed by atoms with E-state index >= 15 is 0 Å². The van der Waals surface area contributed by atoms with Gasteiger partial charge in [0.1, 0.15) is 0 Å². The van der Waals surface area contributed by atoms with Crippen molar-refractivity contribution in [3.63, 3.8) is 0 Å². The first-order chi connectivity index (χ1) is 13.4. The number of carbonyl (C=O) groups excluding carboxylic acids is 2. The molecule has 0 spiro atoms. The number of nitrogens with two attached hydrogens (primary N) is 1. The van der Waals surface area contributed by atoms with Crippen molar-refractivity contribution in [2.75, 3.05) is 11.4 Å². The van der Waals surface area contributed by atoms with Gasteiger partial charge in [-0.3, -0.25) is 14.5 Å². The zero-order valence-corrected chi connectivity index (χ0v) is 15.7. The summed E-state index contributed by atoms with van der Waals surface area (Å²) in [6.07, 6.45) is 0.330. The third kappa shape index (κ3) is 2.93. The lowest BCUT2D eigenvalue weighted by molar-refractivity contribution is -0.121. The number of anilines is 1. The number of aliphatic imine (C=N–C) groups is 1. The Labute approximate surface area is 162 Å². The second kappa shape index (κ2) is 6.75. The molecule has 2 aromatic rings. The molecule has 1 atom stereocenters. The minimum absolute atomic E-state index is 0.0105. The summed E-state index contributed by atoms with van der Waals surface area (Å²) in [5.41, 5.74) is 7.04. The number of guanidine groups is 1. The summed E-state index contributed by atoms with van der Waals surface area (Å²) in [6, 6.07) is 14.3. The van der Waals surface area contributed by atoms with E-state index < -0.39 is 16.1 Å². The molecule has 0 bridgehead atoms. The first kappa shape index (κ1) is 18.2. The number of rotatable bonds is 4. The van der Waals surface area contributed by atoms with Crippen LogP contribution in [0, 0.1) is 0 Å². The van der Waals surface area contributed by atoms with Crippen molar-refractivity contribution in [3.8, 4) is 0 Å². The molecule has 1 unspecified atom stereocenters. The SMILES string of the molecule is NC1=NCC(c2ccccc2)N1S(=O)(=O)c1ccc(N2C(=O)CCC2=O)cc1. The van der Waals surface area contributed by atoms with Crippen molar-refractivity contribution >= 4 is 33.5 Å². The molecule has 0 saturated carbocycles. The summed E-state index contributed by atoms with van der Waals surface area (Å²) in [7, 11) is -3.96. The largest absolute Gasteiger partial charge is 0.369 e. The molecular formula is C19H18N4O4S. The molecule has 2 N–H and O–H groups in total. The third-order valence-corrected chi connectivity index (χ3v) is 6.65. The Kier molecular flexibility index (Phi) is 4.38. The van der Waals surface area contributed by atoms with E-state index in [4.69, 9.17) is 5.73 Å². The molecule has 0 aromatic heterocycles.